The van der Waals surface area contributed by atoms with Crippen LogP contribution in [0.15, 0.2) is 30.5 Å². The minimum atomic E-state index is -4.27. The van der Waals surface area contributed by atoms with E-state index >= 15 is 0 Å². The van der Waals surface area contributed by atoms with Crippen molar-refractivity contribution in [3.63, 3.8) is 0 Å². The molecule has 1 atom stereocenters. The largest absolute Gasteiger partial charge is 0.393 e. The molecule has 26 heavy (non-hydrogen) atoms. The Balaban J connectivity index is 1.88. The lowest BCUT2D eigenvalue weighted by molar-refractivity contribution is -0.184. The van der Waals surface area contributed by atoms with Crippen LogP contribution in [0.4, 0.5) is 13.2 Å². The van der Waals surface area contributed by atoms with Gasteiger partial charge in [0.15, 0.2) is 0 Å². The number of likely N-dealkylation sites (tertiary alicyclic amines) is 1. The molecule has 1 fully saturated rings. The van der Waals surface area contributed by atoms with Crippen LogP contribution in [-0.4, -0.2) is 39.9 Å². The molecule has 1 aromatic heterocycles. The number of aryl methyl sites for hydroxylation is 1. The summed E-state index contributed by atoms with van der Waals surface area (Å²) in [6.07, 6.45) is -1.79. The fourth-order valence-corrected chi connectivity index (χ4v) is 3.47. The lowest BCUT2D eigenvalue weighted by Gasteiger charge is -2.33. The van der Waals surface area contributed by atoms with E-state index in [9.17, 15) is 18.0 Å². The van der Waals surface area contributed by atoms with E-state index in [1.165, 1.54) is 11.1 Å². The van der Waals surface area contributed by atoms with E-state index in [0.29, 0.717) is 24.9 Å². The maximum atomic E-state index is 13.0. The number of amides is 1. The molecule has 0 saturated carbocycles. The summed E-state index contributed by atoms with van der Waals surface area (Å²) < 4.78 is 40.8. The maximum Gasteiger partial charge on any atom is 0.393 e. The smallest absolute Gasteiger partial charge is 0.338 e. The summed E-state index contributed by atoms with van der Waals surface area (Å²) in [7, 11) is 0. The number of hydrogen-bond donors (Lipinski definition) is 0. The van der Waals surface area contributed by atoms with Gasteiger partial charge in [-0.05, 0) is 43.9 Å². The molecular formula is C19H22F3N3O. The molecule has 140 valence electrons. The molecule has 7 heteroatoms. The average Bonchev–Trinajstić information content (AvgIpc) is 3.04. The van der Waals surface area contributed by atoms with Crippen LogP contribution in [0.5, 0.6) is 0 Å². The second kappa shape index (κ2) is 7.13. The summed E-state index contributed by atoms with van der Waals surface area (Å²) in [5.41, 5.74) is 3.01. The third-order valence-electron chi connectivity index (χ3n) is 4.85. The van der Waals surface area contributed by atoms with Crippen LogP contribution in [0.25, 0.3) is 5.69 Å². The summed E-state index contributed by atoms with van der Waals surface area (Å²) in [5, 5.41) is 4.33. The Labute approximate surface area is 150 Å². The van der Waals surface area contributed by atoms with Crippen LogP contribution in [0.3, 0.4) is 0 Å². The highest BCUT2D eigenvalue weighted by Crippen LogP contribution is 2.33. The molecule has 0 spiro atoms. The molecule has 0 aliphatic carbocycles. The highest BCUT2D eigenvalue weighted by atomic mass is 19.4. The Kier molecular flexibility index (Phi) is 5.07. The normalized spacial score (nSPS) is 18.2. The second-order valence-electron chi connectivity index (χ2n) is 6.74. The van der Waals surface area contributed by atoms with Crippen molar-refractivity contribution < 1.29 is 18.0 Å². The van der Waals surface area contributed by atoms with Crippen molar-refractivity contribution in [2.24, 2.45) is 5.92 Å². The Morgan fingerprint density at radius 3 is 2.77 bits per heavy atom. The third-order valence-corrected chi connectivity index (χ3v) is 4.85. The SMILES string of the molecule is CCc1c(C(=O)N2CCCC(C(F)(F)F)C2)cnn1-c1cccc(C)c1. The summed E-state index contributed by atoms with van der Waals surface area (Å²) >= 11 is 0. The molecule has 0 N–H and O–H groups in total. The zero-order chi connectivity index (χ0) is 18.9. The zero-order valence-electron chi connectivity index (χ0n) is 14.9. The van der Waals surface area contributed by atoms with Crippen molar-refractivity contribution in [2.75, 3.05) is 13.1 Å². The fraction of sp³-hybridized carbons (Fsp3) is 0.474. The van der Waals surface area contributed by atoms with Gasteiger partial charge in [-0.15, -0.1) is 0 Å². The number of alkyl halides is 3. The van der Waals surface area contributed by atoms with Gasteiger partial charge in [0, 0.05) is 13.1 Å². The number of benzene rings is 1. The molecule has 3 rings (SSSR count). The Morgan fingerprint density at radius 2 is 2.12 bits per heavy atom. The van der Waals surface area contributed by atoms with E-state index in [-0.39, 0.29) is 18.9 Å². The fourth-order valence-electron chi connectivity index (χ4n) is 3.47. The molecule has 0 radical (unpaired) electrons. The van der Waals surface area contributed by atoms with Crippen LogP contribution in [0, 0.1) is 12.8 Å². The van der Waals surface area contributed by atoms with Gasteiger partial charge in [0.25, 0.3) is 5.91 Å². The van der Waals surface area contributed by atoms with Gasteiger partial charge in [0.1, 0.15) is 0 Å². The molecule has 1 aliphatic rings. The molecule has 1 unspecified atom stereocenters. The van der Waals surface area contributed by atoms with E-state index in [1.807, 2.05) is 38.1 Å². The maximum absolute atomic E-state index is 13.0. The first kappa shape index (κ1) is 18.5. The molecule has 1 amide bonds. The quantitative estimate of drug-likeness (QED) is 0.819. The number of carbonyl (C=O) groups is 1. The molecule has 1 aromatic carbocycles. The van der Waals surface area contributed by atoms with Crippen molar-refractivity contribution in [3.05, 3.63) is 47.3 Å². The Bertz CT molecular complexity index is 798. The van der Waals surface area contributed by atoms with E-state index in [1.54, 1.807) is 4.68 Å². The molecule has 2 heterocycles. The summed E-state index contributed by atoms with van der Waals surface area (Å²) in [6, 6.07) is 7.73. The molecule has 0 bridgehead atoms. The Morgan fingerprint density at radius 1 is 1.35 bits per heavy atom. The van der Waals surface area contributed by atoms with Crippen LogP contribution in [-0.2, 0) is 6.42 Å². The predicted molar refractivity (Wildman–Crippen MR) is 92.4 cm³/mol. The van der Waals surface area contributed by atoms with Gasteiger partial charge in [-0.1, -0.05) is 19.1 Å². The van der Waals surface area contributed by atoms with E-state index in [2.05, 4.69) is 5.10 Å². The van der Waals surface area contributed by atoms with Crippen LogP contribution >= 0.6 is 0 Å². The zero-order valence-corrected chi connectivity index (χ0v) is 14.9. The average molecular weight is 365 g/mol. The van der Waals surface area contributed by atoms with E-state index in [0.717, 1.165) is 16.9 Å². The number of piperidine rings is 1. The summed E-state index contributed by atoms with van der Waals surface area (Å²) in [5.74, 6) is -1.81. The third kappa shape index (κ3) is 3.61. The van der Waals surface area contributed by atoms with Gasteiger partial charge >= 0.3 is 6.18 Å². The van der Waals surface area contributed by atoms with Gasteiger partial charge in [0.2, 0.25) is 0 Å². The summed E-state index contributed by atoms with van der Waals surface area (Å²) in [4.78, 5) is 14.2. The van der Waals surface area contributed by atoms with Gasteiger partial charge in [-0.25, -0.2) is 4.68 Å². The van der Waals surface area contributed by atoms with E-state index in [4.69, 9.17) is 0 Å². The first-order chi connectivity index (χ1) is 12.3. The van der Waals surface area contributed by atoms with Crippen molar-refractivity contribution in [2.45, 2.75) is 39.3 Å². The molecule has 1 aliphatic heterocycles. The van der Waals surface area contributed by atoms with Crippen LogP contribution in [0.2, 0.25) is 0 Å². The minimum Gasteiger partial charge on any atom is -0.338 e. The predicted octanol–water partition coefficient (Wildman–Crippen LogP) is 4.16. The standard InChI is InChI=1S/C19H22F3N3O/c1-3-17-16(11-23-25(17)15-8-4-6-13(2)10-15)18(26)24-9-5-7-14(12-24)19(20,21)22/h4,6,8,10-11,14H,3,5,7,9,12H2,1-2H3. The van der Waals surface area contributed by atoms with Gasteiger partial charge < -0.3 is 4.90 Å². The number of rotatable bonds is 3. The lowest BCUT2D eigenvalue weighted by atomic mass is 9.97. The van der Waals surface area contributed by atoms with E-state index < -0.39 is 12.1 Å². The minimum absolute atomic E-state index is 0.0798. The number of hydrogen-bond acceptors (Lipinski definition) is 2. The molecular weight excluding hydrogens is 343 g/mol. The number of aromatic nitrogens is 2. The van der Waals surface area contributed by atoms with Crippen LogP contribution < -0.4 is 0 Å². The lowest BCUT2D eigenvalue weighted by Crippen LogP contribution is -2.44. The topological polar surface area (TPSA) is 38.1 Å². The molecule has 2 aromatic rings. The van der Waals surface area contributed by atoms with Crippen molar-refractivity contribution >= 4 is 5.91 Å². The van der Waals surface area contributed by atoms with Crippen molar-refractivity contribution in [1.82, 2.24) is 14.7 Å². The highest BCUT2D eigenvalue weighted by Gasteiger charge is 2.43. The summed E-state index contributed by atoms with van der Waals surface area (Å²) in [6.45, 7) is 3.95. The van der Waals surface area contributed by atoms with Crippen molar-refractivity contribution in [3.8, 4) is 5.69 Å². The second-order valence-corrected chi connectivity index (χ2v) is 6.74. The number of nitrogens with zero attached hydrogens (tertiary/aromatic N) is 3. The molecule has 4 nitrogen and oxygen atoms in total. The van der Waals surface area contributed by atoms with Gasteiger partial charge in [0.05, 0.1) is 29.1 Å². The van der Waals surface area contributed by atoms with Crippen LogP contribution in [0.1, 0.15) is 41.4 Å². The monoisotopic (exact) mass is 365 g/mol. The first-order valence-electron chi connectivity index (χ1n) is 8.81. The highest BCUT2D eigenvalue weighted by molar-refractivity contribution is 5.95. The Hall–Kier alpha value is -2.31. The molecule has 1 saturated heterocycles. The van der Waals surface area contributed by atoms with Crippen molar-refractivity contribution in [1.29, 1.82) is 0 Å². The number of carbonyl (C=O) groups excluding carboxylic acids is 1. The first-order valence-corrected chi connectivity index (χ1v) is 8.81. The van der Waals surface area contributed by atoms with Gasteiger partial charge in [-0.2, -0.15) is 18.3 Å². The number of halogens is 3. The van der Waals surface area contributed by atoms with Gasteiger partial charge in [-0.3, -0.25) is 4.79 Å².